The number of nitrogens with two attached hydrogens (primary N) is 1. The first kappa shape index (κ1) is 13.8. The second-order valence-electron chi connectivity index (χ2n) is 4.59. The zero-order chi connectivity index (χ0) is 14.0. The number of nitrogens with zero attached hydrogens (tertiary/aromatic N) is 1. The Bertz CT molecular complexity index is 513. The van der Waals surface area contributed by atoms with Crippen molar-refractivity contribution in [2.45, 2.75) is 12.8 Å². The molecule has 0 spiro atoms. The summed E-state index contributed by atoms with van der Waals surface area (Å²) < 4.78 is 12.9. The summed E-state index contributed by atoms with van der Waals surface area (Å²) in [6.07, 6.45) is 1.11. The Morgan fingerprint density at radius 2 is 1.95 bits per heavy atom. The van der Waals surface area contributed by atoms with Crippen molar-refractivity contribution in [3.8, 4) is 0 Å². The summed E-state index contributed by atoms with van der Waals surface area (Å²) >= 11 is 5.86. The fourth-order valence-corrected chi connectivity index (χ4v) is 2.45. The molecule has 1 saturated heterocycles. The minimum atomic E-state index is -0.478. The second kappa shape index (κ2) is 5.57. The Kier molecular flexibility index (Phi) is 4.04. The van der Waals surface area contributed by atoms with Crippen LogP contribution in [0, 0.1) is 11.7 Å². The number of halogens is 2. The number of piperidine rings is 1. The maximum atomic E-state index is 12.9. The Balaban J connectivity index is 2.07. The van der Waals surface area contributed by atoms with Gasteiger partial charge in [-0.2, -0.15) is 0 Å². The number of carbonyl (C=O) groups is 2. The van der Waals surface area contributed by atoms with Crippen molar-refractivity contribution < 1.29 is 14.0 Å². The van der Waals surface area contributed by atoms with Gasteiger partial charge in [0.1, 0.15) is 5.82 Å². The average Bonchev–Trinajstić information content (AvgIpc) is 2.38. The molecule has 1 aliphatic heterocycles. The zero-order valence-electron chi connectivity index (χ0n) is 10.2. The Hall–Kier alpha value is -1.62. The molecule has 2 amide bonds. The molecule has 0 bridgehead atoms. The molecule has 0 atom stereocenters. The van der Waals surface area contributed by atoms with Gasteiger partial charge in [-0.05, 0) is 31.0 Å². The molecule has 0 aliphatic carbocycles. The third kappa shape index (κ3) is 3.04. The van der Waals surface area contributed by atoms with Crippen LogP contribution in [0.15, 0.2) is 18.2 Å². The number of hydrogen-bond donors (Lipinski definition) is 1. The van der Waals surface area contributed by atoms with Crippen LogP contribution >= 0.6 is 11.6 Å². The minimum Gasteiger partial charge on any atom is -0.369 e. The van der Waals surface area contributed by atoms with Gasteiger partial charge >= 0.3 is 0 Å². The normalized spacial score (nSPS) is 16.4. The van der Waals surface area contributed by atoms with Crippen LogP contribution in [0.25, 0.3) is 0 Å². The summed E-state index contributed by atoms with van der Waals surface area (Å²) in [7, 11) is 0. The fourth-order valence-electron chi connectivity index (χ4n) is 2.20. The van der Waals surface area contributed by atoms with Gasteiger partial charge in [0.2, 0.25) is 5.91 Å². The summed E-state index contributed by atoms with van der Waals surface area (Å²) in [6, 6.07) is 3.69. The van der Waals surface area contributed by atoms with Gasteiger partial charge < -0.3 is 10.6 Å². The summed E-state index contributed by atoms with van der Waals surface area (Å²) in [5.74, 6) is -1.22. The SMILES string of the molecule is NC(=O)C1CCN(C(=O)c2ccc(F)cc2Cl)CC1. The Morgan fingerprint density at radius 1 is 1.32 bits per heavy atom. The van der Waals surface area contributed by atoms with E-state index in [0.29, 0.717) is 25.9 Å². The van der Waals surface area contributed by atoms with Gasteiger partial charge in [-0.3, -0.25) is 9.59 Å². The van der Waals surface area contributed by atoms with Crippen molar-refractivity contribution in [3.63, 3.8) is 0 Å². The van der Waals surface area contributed by atoms with Crippen molar-refractivity contribution in [1.29, 1.82) is 0 Å². The van der Waals surface area contributed by atoms with Crippen molar-refractivity contribution in [3.05, 3.63) is 34.6 Å². The van der Waals surface area contributed by atoms with Crippen LogP contribution in [-0.2, 0) is 4.79 Å². The third-order valence-electron chi connectivity index (χ3n) is 3.35. The molecular weight excluding hydrogens is 271 g/mol. The fraction of sp³-hybridized carbons (Fsp3) is 0.385. The van der Waals surface area contributed by atoms with Crippen LogP contribution in [0.3, 0.4) is 0 Å². The largest absolute Gasteiger partial charge is 0.369 e. The lowest BCUT2D eigenvalue weighted by molar-refractivity contribution is -0.123. The maximum absolute atomic E-state index is 12.9. The van der Waals surface area contributed by atoms with E-state index in [9.17, 15) is 14.0 Å². The molecule has 19 heavy (non-hydrogen) atoms. The number of primary amides is 1. The molecule has 1 heterocycles. The van der Waals surface area contributed by atoms with E-state index in [2.05, 4.69) is 0 Å². The molecule has 0 radical (unpaired) electrons. The topological polar surface area (TPSA) is 63.4 Å². The highest BCUT2D eigenvalue weighted by molar-refractivity contribution is 6.33. The standard InChI is InChI=1S/C13H14ClFN2O2/c14-11-7-9(15)1-2-10(11)13(19)17-5-3-8(4-6-17)12(16)18/h1-2,7-8H,3-6H2,(H2,16,18). The van der Waals surface area contributed by atoms with Crippen molar-refractivity contribution in [2.24, 2.45) is 11.7 Å². The van der Waals surface area contributed by atoms with Gasteiger partial charge in [0, 0.05) is 19.0 Å². The molecule has 2 rings (SSSR count). The van der Waals surface area contributed by atoms with E-state index in [4.69, 9.17) is 17.3 Å². The van der Waals surface area contributed by atoms with Crippen molar-refractivity contribution in [2.75, 3.05) is 13.1 Å². The van der Waals surface area contributed by atoms with Crippen LogP contribution in [0.2, 0.25) is 5.02 Å². The van der Waals surface area contributed by atoms with Gasteiger partial charge in [0.05, 0.1) is 10.6 Å². The van der Waals surface area contributed by atoms with Crippen LogP contribution in [0.4, 0.5) is 4.39 Å². The molecule has 4 nitrogen and oxygen atoms in total. The van der Waals surface area contributed by atoms with Crippen LogP contribution in [0.5, 0.6) is 0 Å². The Labute approximate surface area is 115 Å². The molecule has 6 heteroatoms. The molecule has 2 N–H and O–H groups in total. The van der Waals surface area contributed by atoms with Gasteiger partial charge in [0.15, 0.2) is 0 Å². The lowest BCUT2D eigenvalue weighted by Gasteiger charge is -2.30. The van der Waals surface area contributed by atoms with E-state index in [1.165, 1.54) is 12.1 Å². The first-order valence-electron chi connectivity index (χ1n) is 6.02. The third-order valence-corrected chi connectivity index (χ3v) is 3.66. The smallest absolute Gasteiger partial charge is 0.255 e. The Morgan fingerprint density at radius 3 is 2.47 bits per heavy atom. The highest BCUT2D eigenvalue weighted by Gasteiger charge is 2.27. The number of amides is 2. The molecule has 0 aromatic heterocycles. The second-order valence-corrected chi connectivity index (χ2v) is 5.00. The van der Waals surface area contributed by atoms with Gasteiger partial charge in [-0.1, -0.05) is 11.6 Å². The van der Waals surface area contributed by atoms with Gasteiger partial charge in [0.25, 0.3) is 5.91 Å². The van der Waals surface area contributed by atoms with Gasteiger partial charge in [-0.25, -0.2) is 4.39 Å². The molecule has 0 saturated carbocycles. The predicted octanol–water partition coefficient (Wildman–Crippen LogP) is 1.82. The highest BCUT2D eigenvalue weighted by Crippen LogP contribution is 2.23. The lowest BCUT2D eigenvalue weighted by Crippen LogP contribution is -2.41. The van der Waals surface area contributed by atoms with E-state index >= 15 is 0 Å². The molecule has 1 aliphatic rings. The van der Waals surface area contributed by atoms with E-state index in [1.807, 2.05) is 0 Å². The highest BCUT2D eigenvalue weighted by atomic mass is 35.5. The molecule has 102 valence electrons. The van der Waals surface area contributed by atoms with Gasteiger partial charge in [-0.15, -0.1) is 0 Å². The van der Waals surface area contributed by atoms with Crippen LogP contribution in [-0.4, -0.2) is 29.8 Å². The number of hydrogen-bond acceptors (Lipinski definition) is 2. The number of rotatable bonds is 2. The predicted molar refractivity (Wildman–Crippen MR) is 69.2 cm³/mol. The molecule has 1 fully saturated rings. The molecule has 0 unspecified atom stereocenters. The van der Waals surface area contributed by atoms with Crippen molar-refractivity contribution >= 4 is 23.4 Å². The van der Waals surface area contributed by atoms with E-state index in [0.717, 1.165) is 6.07 Å². The number of carbonyl (C=O) groups excluding carboxylic acids is 2. The summed E-state index contributed by atoms with van der Waals surface area (Å²) in [5, 5.41) is 0.0991. The minimum absolute atomic E-state index is 0.0991. The zero-order valence-corrected chi connectivity index (χ0v) is 11.0. The lowest BCUT2D eigenvalue weighted by atomic mass is 9.96. The molecule has 1 aromatic rings. The summed E-state index contributed by atoms with van der Waals surface area (Å²) in [6.45, 7) is 0.917. The quantitative estimate of drug-likeness (QED) is 0.900. The summed E-state index contributed by atoms with van der Waals surface area (Å²) in [4.78, 5) is 24.9. The first-order chi connectivity index (χ1) is 8.99. The van der Waals surface area contributed by atoms with E-state index in [1.54, 1.807) is 4.90 Å². The summed E-state index contributed by atoms with van der Waals surface area (Å²) in [5.41, 5.74) is 5.51. The average molecular weight is 285 g/mol. The van der Waals surface area contributed by atoms with Crippen LogP contribution < -0.4 is 5.73 Å². The maximum Gasteiger partial charge on any atom is 0.255 e. The van der Waals surface area contributed by atoms with E-state index < -0.39 is 5.82 Å². The number of benzene rings is 1. The van der Waals surface area contributed by atoms with E-state index in [-0.39, 0.29) is 28.3 Å². The van der Waals surface area contributed by atoms with Crippen LogP contribution in [0.1, 0.15) is 23.2 Å². The first-order valence-corrected chi connectivity index (χ1v) is 6.40. The molecular formula is C13H14ClFN2O2. The number of likely N-dealkylation sites (tertiary alicyclic amines) is 1. The molecule has 1 aromatic carbocycles. The van der Waals surface area contributed by atoms with Crippen molar-refractivity contribution in [1.82, 2.24) is 4.90 Å². The monoisotopic (exact) mass is 284 g/mol.